The van der Waals surface area contributed by atoms with E-state index in [2.05, 4.69) is 15.2 Å². The van der Waals surface area contributed by atoms with Crippen LogP contribution in [0.4, 0.5) is 16.2 Å². The second-order valence-electron chi connectivity index (χ2n) is 5.99. The van der Waals surface area contributed by atoms with Gasteiger partial charge in [-0.2, -0.15) is 0 Å². The number of carbonyl (C=O) groups excluding carboxylic acids is 1. The van der Waals surface area contributed by atoms with Crippen LogP contribution in [-0.4, -0.2) is 48.6 Å². The fourth-order valence-electron chi connectivity index (χ4n) is 2.94. The topological polar surface area (TPSA) is 68.2 Å². The molecule has 2 amide bonds. The van der Waals surface area contributed by atoms with Crippen molar-refractivity contribution in [2.45, 2.75) is 12.8 Å². The van der Waals surface area contributed by atoms with Crippen molar-refractivity contribution in [3.05, 3.63) is 35.5 Å². The number of allylic oxidation sites excluding steroid dienone is 1. The van der Waals surface area contributed by atoms with Gasteiger partial charge in [0.15, 0.2) is 0 Å². The van der Waals surface area contributed by atoms with Crippen LogP contribution in [0.3, 0.4) is 0 Å². The zero-order valence-electron chi connectivity index (χ0n) is 13.4. The van der Waals surface area contributed by atoms with E-state index in [-0.39, 0.29) is 12.6 Å². The van der Waals surface area contributed by atoms with E-state index in [9.17, 15) is 9.90 Å². The molecule has 1 aromatic carbocycles. The number of nitrogens with zero attached hydrogens (tertiary/aromatic N) is 3. The van der Waals surface area contributed by atoms with Gasteiger partial charge in [0.1, 0.15) is 6.67 Å². The molecule has 0 bridgehead atoms. The number of benzene rings is 1. The molecule has 24 heavy (non-hydrogen) atoms. The van der Waals surface area contributed by atoms with Crippen LogP contribution in [0.25, 0.3) is 0 Å². The van der Waals surface area contributed by atoms with Crippen molar-refractivity contribution in [1.82, 2.24) is 4.90 Å². The number of rotatable bonds is 3. The number of nitrogens with one attached hydrogen (secondary N) is 1. The molecule has 1 aromatic rings. The summed E-state index contributed by atoms with van der Waals surface area (Å²) < 4.78 is 0. The van der Waals surface area contributed by atoms with E-state index in [4.69, 9.17) is 11.6 Å². The predicted octanol–water partition coefficient (Wildman–Crippen LogP) is 2.94. The van der Waals surface area contributed by atoms with E-state index in [0.717, 1.165) is 31.6 Å². The Labute approximate surface area is 146 Å². The van der Waals surface area contributed by atoms with Gasteiger partial charge in [-0.1, -0.05) is 11.6 Å². The van der Waals surface area contributed by atoms with Gasteiger partial charge in [0, 0.05) is 37.1 Å². The second-order valence-corrected chi connectivity index (χ2v) is 6.43. The Morgan fingerprint density at radius 3 is 2.83 bits per heavy atom. The zero-order chi connectivity index (χ0) is 16.9. The molecule has 7 heteroatoms. The molecule has 0 aliphatic carbocycles. The second kappa shape index (κ2) is 7.68. The van der Waals surface area contributed by atoms with Crippen LogP contribution in [0.15, 0.2) is 35.5 Å². The van der Waals surface area contributed by atoms with Gasteiger partial charge in [-0.3, -0.25) is 9.89 Å². The lowest BCUT2D eigenvalue weighted by Crippen LogP contribution is -2.36. The summed E-state index contributed by atoms with van der Waals surface area (Å²) in [6.07, 6.45) is 6.97. The van der Waals surface area contributed by atoms with Crippen LogP contribution < -0.4 is 10.2 Å². The molecular weight excluding hydrogens is 328 g/mol. The van der Waals surface area contributed by atoms with Crippen molar-refractivity contribution in [2.24, 2.45) is 10.9 Å². The van der Waals surface area contributed by atoms with E-state index in [1.165, 1.54) is 4.90 Å². The Morgan fingerprint density at radius 2 is 2.17 bits per heavy atom. The Bertz CT molecular complexity index is 654. The highest BCUT2D eigenvalue weighted by Gasteiger charge is 2.22. The van der Waals surface area contributed by atoms with Crippen molar-refractivity contribution < 1.29 is 9.90 Å². The number of hydrogen-bond acceptors (Lipinski definition) is 4. The van der Waals surface area contributed by atoms with Crippen LogP contribution in [0, 0.1) is 5.92 Å². The third-order valence-corrected chi connectivity index (χ3v) is 4.60. The van der Waals surface area contributed by atoms with E-state index in [1.54, 1.807) is 24.6 Å². The average molecular weight is 349 g/mol. The molecule has 2 aliphatic heterocycles. The highest BCUT2D eigenvalue weighted by atomic mass is 35.5. The summed E-state index contributed by atoms with van der Waals surface area (Å²) in [5.74, 6) is 0.364. The van der Waals surface area contributed by atoms with Crippen molar-refractivity contribution >= 4 is 35.2 Å². The van der Waals surface area contributed by atoms with Crippen LogP contribution in [-0.2, 0) is 0 Å². The Balaban J connectivity index is 1.75. The molecule has 0 atom stereocenters. The normalized spacial score (nSPS) is 18.1. The minimum Gasteiger partial charge on any atom is -0.396 e. The monoisotopic (exact) mass is 348 g/mol. The van der Waals surface area contributed by atoms with Gasteiger partial charge >= 0.3 is 6.03 Å². The summed E-state index contributed by atoms with van der Waals surface area (Å²) in [4.78, 5) is 20.2. The minimum atomic E-state index is -0.239. The van der Waals surface area contributed by atoms with Crippen LogP contribution in [0.2, 0.25) is 5.02 Å². The lowest BCUT2D eigenvalue weighted by Gasteiger charge is -2.34. The first-order valence-electron chi connectivity index (χ1n) is 8.07. The number of halogens is 1. The highest BCUT2D eigenvalue weighted by Crippen LogP contribution is 2.32. The molecule has 0 aromatic heterocycles. The first-order valence-corrected chi connectivity index (χ1v) is 8.45. The summed E-state index contributed by atoms with van der Waals surface area (Å²) in [5.41, 5.74) is 1.64. The molecule has 0 unspecified atom stereocenters. The summed E-state index contributed by atoms with van der Waals surface area (Å²) >= 11 is 6.12. The Morgan fingerprint density at radius 1 is 1.38 bits per heavy atom. The third-order valence-electron chi connectivity index (χ3n) is 4.37. The van der Waals surface area contributed by atoms with E-state index < -0.39 is 0 Å². The molecule has 1 fully saturated rings. The van der Waals surface area contributed by atoms with Crippen molar-refractivity contribution in [3.63, 3.8) is 0 Å². The minimum absolute atomic E-state index is 0.236. The lowest BCUT2D eigenvalue weighted by molar-refractivity contribution is 0.203. The number of carbonyl (C=O) groups is 1. The molecule has 0 spiro atoms. The Hall–Kier alpha value is -2.05. The van der Waals surface area contributed by atoms with Gasteiger partial charge in [-0.05, 0) is 43.0 Å². The van der Waals surface area contributed by atoms with Crippen molar-refractivity contribution in [3.8, 4) is 0 Å². The zero-order valence-corrected chi connectivity index (χ0v) is 14.1. The number of aliphatic hydroxyl groups excluding tert-OH is 1. The summed E-state index contributed by atoms with van der Waals surface area (Å²) in [6, 6.07) is 5.29. The van der Waals surface area contributed by atoms with E-state index in [1.807, 2.05) is 12.1 Å². The maximum absolute atomic E-state index is 12.4. The molecule has 2 heterocycles. The first kappa shape index (κ1) is 16.8. The number of aliphatic hydroxyl groups is 1. The predicted molar refractivity (Wildman–Crippen MR) is 96.8 cm³/mol. The molecule has 2 N–H and O–H groups in total. The summed E-state index contributed by atoms with van der Waals surface area (Å²) in [5, 5.41) is 12.8. The summed E-state index contributed by atoms with van der Waals surface area (Å²) in [6.45, 7) is 2.24. The van der Waals surface area contributed by atoms with E-state index in [0.29, 0.717) is 23.3 Å². The standard InChI is InChI=1S/C17H21ClN4O2/c18-14-2-3-16(21-8-4-13(11-23)5-9-21)15(10-14)20-17(24)22-7-1-6-19-12-22/h1-3,6-7,10,13,23H,4-5,8-9,11-12H2,(H,20,24). The largest absolute Gasteiger partial charge is 0.396 e. The van der Waals surface area contributed by atoms with Crippen LogP contribution in [0.5, 0.6) is 0 Å². The van der Waals surface area contributed by atoms with Crippen molar-refractivity contribution in [1.29, 1.82) is 0 Å². The molecule has 0 saturated carbocycles. The molecule has 3 rings (SSSR count). The van der Waals surface area contributed by atoms with Crippen LogP contribution in [0.1, 0.15) is 12.8 Å². The highest BCUT2D eigenvalue weighted by molar-refractivity contribution is 6.31. The fourth-order valence-corrected chi connectivity index (χ4v) is 3.12. The maximum Gasteiger partial charge on any atom is 0.327 e. The first-order chi connectivity index (χ1) is 11.7. The Kier molecular flexibility index (Phi) is 5.37. The van der Waals surface area contributed by atoms with Gasteiger partial charge in [-0.25, -0.2) is 4.79 Å². The number of piperidine rings is 1. The molecule has 2 aliphatic rings. The average Bonchev–Trinajstić information content (AvgIpc) is 2.63. The lowest BCUT2D eigenvalue weighted by atomic mass is 9.97. The number of amides is 2. The van der Waals surface area contributed by atoms with Gasteiger partial charge in [-0.15, -0.1) is 0 Å². The van der Waals surface area contributed by atoms with Crippen LogP contribution >= 0.6 is 11.6 Å². The smallest absolute Gasteiger partial charge is 0.327 e. The van der Waals surface area contributed by atoms with Gasteiger partial charge < -0.3 is 15.3 Å². The molecule has 6 nitrogen and oxygen atoms in total. The quantitative estimate of drug-likeness (QED) is 0.882. The van der Waals surface area contributed by atoms with E-state index >= 15 is 0 Å². The number of anilines is 2. The van der Waals surface area contributed by atoms with Gasteiger partial charge in [0.25, 0.3) is 0 Å². The number of urea groups is 1. The SMILES string of the molecule is O=C(Nc1cc(Cl)ccc1N1CCC(CO)CC1)N1C=CC=NC1. The fraction of sp³-hybridized carbons (Fsp3) is 0.412. The molecule has 128 valence electrons. The summed E-state index contributed by atoms with van der Waals surface area (Å²) in [7, 11) is 0. The molecule has 1 saturated heterocycles. The number of aliphatic imine (C=N–C) groups is 1. The van der Waals surface area contributed by atoms with Gasteiger partial charge in [0.05, 0.1) is 11.4 Å². The third kappa shape index (κ3) is 3.88. The van der Waals surface area contributed by atoms with Gasteiger partial charge in [0.2, 0.25) is 0 Å². The maximum atomic E-state index is 12.4. The van der Waals surface area contributed by atoms with Crippen molar-refractivity contribution in [2.75, 3.05) is 36.6 Å². The molecule has 0 radical (unpaired) electrons. The molecular formula is C17H21ClN4O2. The number of hydrogen-bond donors (Lipinski definition) is 2.